The molecule has 1 aromatic rings. The van der Waals surface area contributed by atoms with Crippen LogP contribution in [0.15, 0.2) is 18.2 Å². The first-order valence-electron chi connectivity index (χ1n) is 8.29. The minimum absolute atomic E-state index is 0.0166. The molecule has 2 heterocycles. The standard InChI is InChI=1S/C17H24ClN3O2/c1-13-4-5-14(18)11-16(13)20-6-8-21(9-7-20)17(22)19-12-15-3-2-10-23-15/h4-5,11,15H,2-3,6-10,12H2,1H3,(H,19,22). The molecule has 2 amide bonds. The number of carbonyl (C=O) groups excluding carboxylic acids is 1. The number of anilines is 1. The zero-order valence-corrected chi connectivity index (χ0v) is 14.3. The molecule has 0 aromatic heterocycles. The first-order chi connectivity index (χ1) is 11.1. The molecule has 2 fully saturated rings. The Balaban J connectivity index is 1.49. The molecule has 2 saturated heterocycles. The third-order valence-electron chi connectivity index (χ3n) is 4.58. The van der Waals surface area contributed by atoms with Crippen molar-refractivity contribution < 1.29 is 9.53 Å². The molecule has 1 N–H and O–H groups in total. The van der Waals surface area contributed by atoms with Gasteiger partial charge in [0.1, 0.15) is 0 Å². The van der Waals surface area contributed by atoms with Gasteiger partial charge in [-0.05, 0) is 37.5 Å². The molecule has 6 heteroatoms. The van der Waals surface area contributed by atoms with Crippen LogP contribution in [0.4, 0.5) is 10.5 Å². The number of hydrogen-bond donors (Lipinski definition) is 1. The summed E-state index contributed by atoms with van der Waals surface area (Å²) < 4.78 is 5.54. The second-order valence-corrected chi connectivity index (χ2v) is 6.66. The fourth-order valence-corrected chi connectivity index (χ4v) is 3.36. The van der Waals surface area contributed by atoms with Crippen LogP contribution in [0.5, 0.6) is 0 Å². The molecule has 126 valence electrons. The molecule has 2 aliphatic heterocycles. The van der Waals surface area contributed by atoms with Gasteiger partial charge in [0, 0.05) is 50.0 Å². The predicted molar refractivity (Wildman–Crippen MR) is 92.3 cm³/mol. The van der Waals surface area contributed by atoms with E-state index < -0.39 is 0 Å². The largest absolute Gasteiger partial charge is 0.376 e. The highest BCUT2D eigenvalue weighted by Crippen LogP contribution is 2.25. The van der Waals surface area contributed by atoms with Gasteiger partial charge in [-0.3, -0.25) is 0 Å². The number of ether oxygens (including phenoxy) is 1. The van der Waals surface area contributed by atoms with Gasteiger partial charge in [0.2, 0.25) is 0 Å². The third-order valence-corrected chi connectivity index (χ3v) is 4.82. The van der Waals surface area contributed by atoms with Crippen LogP contribution in [0.1, 0.15) is 18.4 Å². The Morgan fingerprint density at radius 3 is 2.83 bits per heavy atom. The van der Waals surface area contributed by atoms with Crippen molar-refractivity contribution in [2.45, 2.75) is 25.9 Å². The van der Waals surface area contributed by atoms with E-state index in [4.69, 9.17) is 16.3 Å². The van der Waals surface area contributed by atoms with E-state index in [1.165, 1.54) is 5.56 Å². The van der Waals surface area contributed by atoms with Crippen molar-refractivity contribution in [1.82, 2.24) is 10.2 Å². The smallest absolute Gasteiger partial charge is 0.317 e. The summed E-state index contributed by atoms with van der Waals surface area (Å²) in [5.74, 6) is 0. The molecule has 1 unspecified atom stereocenters. The molecular formula is C17H24ClN3O2. The molecule has 5 nitrogen and oxygen atoms in total. The summed E-state index contributed by atoms with van der Waals surface area (Å²) in [6, 6.07) is 5.97. The average Bonchev–Trinajstić information content (AvgIpc) is 3.08. The zero-order valence-electron chi connectivity index (χ0n) is 13.6. The number of nitrogens with zero attached hydrogens (tertiary/aromatic N) is 2. The maximum absolute atomic E-state index is 12.2. The van der Waals surface area contributed by atoms with Gasteiger partial charge in [-0.25, -0.2) is 4.79 Å². The number of hydrogen-bond acceptors (Lipinski definition) is 3. The fraction of sp³-hybridized carbons (Fsp3) is 0.588. The van der Waals surface area contributed by atoms with Crippen molar-refractivity contribution >= 4 is 23.3 Å². The minimum atomic E-state index is 0.0166. The van der Waals surface area contributed by atoms with Crippen LogP contribution < -0.4 is 10.2 Å². The lowest BCUT2D eigenvalue weighted by molar-refractivity contribution is 0.108. The van der Waals surface area contributed by atoms with E-state index in [1.54, 1.807) is 0 Å². The monoisotopic (exact) mass is 337 g/mol. The normalized spacial score (nSPS) is 21.6. The number of piperazine rings is 1. The molecule has 0 bridgehead atoms. The summed E-state index contributed by atoms with van der Waals surface area (Å²) in [7, 11) is 0. The number of carbonyl (C=O) groups is 1. The van der Waals surface area contributed by atoms with Crippen LogP contribution in [0.2, 0.25) is 5.02 Å². The minimum Gasteiger partial charge on any atom is -0.376 e. The Morgan fingerprint density at radius 2 is 2.13 bits per heavy atom. The lowest BCUT2D eigenvalue weighted by Gasteiger charge is -2.37. The van der Waals surface area contributed by atoms with Crippen LogP contribution in [-0.2, 0) is 4.74 Å². The highest BCUT2D eigenvalue weighted by atomic mass is 35.5. The van der Waals surface area contributed by atoms with Crippen LogP contribution >= 0.6 is 11.6 Å². The molecule has 2 aliphatic rings. The predicted octanol–water partition coefficient (Wildman–Crippen LogP) is 2.66. The summed E-state index contributed by atoms with van der Waals surface area (Å²) >= 11 is 6.11. The van der Waals surface area contributed by atoms with Crippen molar-refractivity contribution in [2.75, 3.05) is 44.2 Å². The summed E-state index contributed by atoms with van der Waals surface area (Å²) in [5.41, 5.74) is 2.38. The van der Waals surface area contributed by atoms with Gasteiger partial charge in [-0.15, -0.1) is 0 Å². The van der Waals surface area contributed by atoms with Crippen LogP contribution in [0.25, 0.3) is 0 Å². The van der Waals surface area contributed by atoms with Gasteiger partial charge in [0.25, 0.3) is 0 Å². The zero-order chi connectivity index (χ0) is 16.2. The Kier molecular flexibility index (Phi) is 5.28. The number of amides is 2. The highest BCUT2D eigenvalue weighted by Gasteiger charge is 2.23. The second-order valence-electron chi connectivity index (χ2n) is 6.23. The summed E-state index contributed by atoms with van der Waals surface area (Å²) in [5, 5.41) is 3.74. The van der Waals surface area contributed by atoms with E-state index in [2.05, 4.69) is 17.1 Å². The van der Waals surface area contributed by atoms with Crippen molar-refractivity contribution in [2.24, 2.45) is 0 Å². The van der Waals surface area contributed by atoms with E-state index in [-0.39, 0.29) is 12.1 Å². The Bertz CT molecular complexity index is 553. The molecule has 0 radical (unpaired) electrons. The van der Waals surface area contributed by atoms with Gasteiger partial charge < -0.3 is 19.9 Å². The average molecular weight is 338 g/mol. The van der Waals surface area contributed by atoms with Crippen molar-refractivity contribution in [3.8, 4) is 0 Å². The summed E-state index contributed by atoms with van der Waals surface area (Å²) in [4.78, 5) is 16.4. The number of nitrogens with one attached hydrogen (secondary N) is 1. The van der Waals surface area contributed by atoms with Crippen LogP contribution in [0.3, 0.4) is 0 Å². The Labute approximate surface area is 142 Å². The number of rotatable bonds is 3. The van der Waals surface area contributed by atoms with Crippen molar-refractivity contribution in [1.29, 1.82) is 0 Å². The lowest BCUT2D eigenvalue weighted by Crippen LogP contribution is -2.52. The maximum atomic E-state index is 12.2. The lowest BCUT2D eigenvalue weighted by atomic mass is 10.1. The number of urea groups is 1. The van der Waals surface area contributed by atoms with Crippen LogP contribution in [0, 0.1) is 6.92 Å². The number of halogens is 1. The summed E-state index contributed by atoms with van der Waals surface area (Å²) in [6.45, 7) is 6.63. The fourth-order valence-electron chi connectivity index (χ4n) is 3.19. The van der Waals surface area contributed by atoms with Gasteiger partial charge in [-0.2, -0.15) is 0 Å². The molecule has 0 aliphatic carbocycles. The maximum Gasteiger partial charge on any atom is 0.317 e. The van der Waals surface area contributed by atoms with E-state index in [0.717, 1.165) is 56.3 Å². The molecular weight excluding hydrogens is 314 g/mol. The number of aryl methyl sites for hydroxylation is 1. The topological polar surface area (TPSA) is 44.8 Å². The van der Waals surface area contributed by atoms with E-state index >= 15 is 0 Å². The summed E-state index contributed by atoms with van der Waals surface area (Å²) in [6.07, 6.45) is 2.33. The Morgan fingerprint density at radius 1 is 1.35 bits per heavy atom. The van der Waals surface area contributed by atoms with Crippen molar-refractivity contribution in [3.05, 3.63) is 28.8 Å². The van der Waals surface area contributed by atoms with E-state index in [0.29, 0.717) is 6.54 Å². The third kappa shape index (κ3) is 4.09. The quantitative estimate of drug-likeness (QED) is 0.922. The van der Waals surface area contributed by atoms with Gasteiger partial charge >= 0.3 is 6.03 Å². The molecule has 3 rings (SSSR count). The molecule has 0 spiro atoms. The van der Waals surface area contributed by atoms with Gasteiger partial charge in [0.05, 0.1) is 6.10 Å². The second kappa shape index (κ2) is 7.41. The highest BCUT2D eigenvalue weighted by molar-refractivity contribution is 6.30. The molecule has 1 atom stereocenters. The molecule has 0 saturated carbocycles. The molecule has 1 aromatic carbocycles. The SMILES string of the molecule is Cc1ccc(Cl)cc1N1CCN(C(=O)NCC2CCCO2)CC1. The van der Waals surface area contributed by atoms with E-state index in [1.807, 2.05) is 23.1 Å². The van der Waals surface area contributed by atoms with E-state index in [9.17, 15) is 4.79 Å². The first kappa shape index (κ1) is 16.4. The molecule has 23 heavy (non-hydrogen) atoms. The van der Waals surface area contributed by atoms with Gasteiger partial charge in [0.15, 0.2) is 0 Å². The Hall–Kier alpha value is -1.46. The van der Waals surface area contributed by atoms with Gasteiger partial charge in [-0.1, -0.05) is 17.7 Å². The van der Waals surface area contributed by atoms with Crippen LogP contribution in [-0.4, -0.2) is 56.4 Å². The number of benzene rings is 1. The first-order valence-corrected chi connectivity index (χ1v) is 8.67. The van der Waals surface area contributed by atoms with Crippen molar-refractivity contribution in [3.63, 3.8) is 0 Å².